The number of para-hydroxylation sites is 1. The number of carbonyl (C=O) groups excluding carboxylic acids is 1. The Bertz CT molecular complexity index is 769. The predicted molar refractivity (Wildman–Crippen MR) is 88.0 cm³/mol. The van der Waals surface area contributed by atoms with Crippen molar-refractivity contribution >= 4 is 17.2 Å². The molecule has 2 aromatic carbocycles. The second-order valence-electron chi connectivity index (χ2n) is 5.37. The van der Waals surface area contributed by atoms with Gasteiger partial charge in [-0.2, -0.15) is 0 Å². The van der Waals surface area contributed by atoms with Crippen molar-refractivity contribution in [2.24, 2.45) is 0 Å². The van der Waals surface area contributed by atoms with E-state index in [1.807, 2.05) is 36.4 Å². The van der Waals surface area contributed by atoms with Crippen molar-refractivity contribution in [2.45, 2.75) is 6.42 Å². The van der Waals surface area contributed by atoms with Crippen molar-refractivity contribution in [3.8, 4) is 0 Å². The largest absolute Gasteiger partial charge is 0.334 e. The normalized spacial score (nSPS) is 14.3. The van der Waals surface area contributed by atoms with Gasteiger partial charge in [0.05, 0.1) is 4.92 Å². The van der Waals surface area contributed by atoms with Crippen molar-refractivity contribution < 1.29 is 9.72 Å². The molecule has 5 heteroatoms. The molecule has 0 bridgehead atoms. The number of nitro groups is 1. The molecule has 0 N–H and O–H groups in total. The predicted octanol–water partition coefficient (Wildman–Crippen LogP) is 3.52. The number of rotatable bonds is 3. The number of nitro benzene ring substituents is 1. The molecule has 1 aliphatic heterocycles. The molecule has 0 aromatic heterocycles. The minimum Gasteiger partial charge on any atom is -0.334 e. The van der Waals surface area contributed by atoms with Gasteiger partial charge < -0.3 is 4.90 Å². The Hall–Kier alpha value is -2.95. The lowest BCUT2D eigenvalue weighted by atomic mass is 9.99. The summed E-state index contributed by atoms with van der Waals surface area (Å²) in [6.45, 7) is 1.03. The molecular weight excluding hydrogens is 292 g/mol. The fraction of sp³-hybridized carbons (Fsp3) is 0.167. The van der Waals surface area contributed by atoms with Gasteiger partial charge in [-0.05, 0) is 23.6 Å². The maximum atomic E-state index is 12.6. The smallest absolute Gasteiger partial charge is 0.282 e. The molecule has 0 spiro atoms. The van der Waals surface area contributed by atoms with Crippen LogP contribution in [0, 0.1) is 10.1 Å². The fourth-order valence-corrected chi connectivity index (χ4v) is 2.75. The van der Waals surface area contributed by atoms with Crippen molar-refractivity contribution in [3.63, 3.8) is 0 Å². The third kappa shape index (κ3) is 3.13. The van der Waals surface area contributed by atoms with Crippen LogP contribution in [0.4, 0.5) is 5.69 Å². The molecule has 0 unspecified atom stereocenters. The molecule has 116 valence electrons. The highest BCUT2D eigenvalue weighted by atomic mass is 16.6. The van der Waals surface area contributed by atoms with E-state index in [-0.39, 0.29) is 17.2 Å². The summed E-state index contributed by atoms with van der Waals surface area (Å²) in [5.74, 6) is -0.291. The zero-order valence-corrected chi connectivity index (χ0v) is 12.5. The van der Waals surface area contributed by atoms with E-state index in [0.29, 0.717) is 13.1 Å². The lowest BCUT2D eigenvalue weighted by Gasteiger charge is -2.26. The summed E-state index contributed by atoms with van der Waals surface area (Å²) in [6.07, 6.45) is 2.77. The van der Waals surface area contributed by atoms with Crippen LogP contribution in [0.25, 0.3) is 5.57 Å². The van der Waals surface area contributed by atoms with Gasteiger partial charge in [-0.1, -0.05) is 48.5 Å². The number of benzene rings is 2. The van der Waals surface area contributed by atoms with Gasteiger partial charge in [0.2, 0.25) is 0 Å². The van der Waals surface area contributed by atoms with Crippen LogP contribution in [-0.4, -0.2) is 28.8 Å². The summed E-state index contributed by atoms with van der Waals surface area (Å²) in [4.78, 5) is 24.8. The fourth-order valence-electron chi connectivity index (χ4n) is 2.75. The molecule has 0 saturated heterocycles. The molecule has 23 heavy (non-hydrogen) atoms. The molecule has 1 amide bonds. The van der Waals surface area contributed by atoms with Crippen molar-refractivity contribution in [3.05, 3.63) is 81.9 Å². The van der Waals surface area contributed by atoms with Crippen LogP contribution in [0.15, 0.2) is 60.7 Å². The average Bonchev–Trinajstić information content (AvgIpc) is 2.62. The van der Waals surface area contributed by atoms with Crippen LogP contribution >= 0.6 is 0 Å². The summed E-state index contributed by atoms with van der Waals surface area (Å²) >= 11 is 0. The first-order valence-corrected chi connectivity index (χ1v) is 7.44. The molecule has 2 aromatic rings. The van der Waals surface area contributed by atoms with E-state index in [9.17, 15) is 14.9 Å². The van der Waals surface area contributed by atoms with E-state index >= 15 is 0 Å². The van der Waals surface area contributed by atoms with Crippen molar-refractivity contribution in [1.29, 1.82) is 0 Å². The van der Waals surface area contributed by atoms with Crippen LogP contribution in [-0.2, 0) is 0 Å². The first-order valence-electron chi connectivity index (χ1n) is 7.44. The van der Waals surface area contributed by atoms with E-state index in [2.05, 4.69) is 0 Å². The Balaban J connectivity index is 1.79. The highest BCUT2D eigenvalue weighted by Gasteiger charge is 2.25. The number of hydrogen-bond donors (Lipinski definition) is 0. The third-order valence-corrected chi connectivity index (χ3v) is 3.97. The van der Waals surface area contributed by atoms with Gasteiger partial charge in [-0.25, -0.2) is 0 Å². The highest BCUT2D eigenvalue weighted by Crippen LogP contribution is 2.25. The topological polar surface area (TPSA) is 63.4 Å². The summed E-state index contributed by atoms with van der Waals surface area (Å²) < 4.78 is 0. The quantitative estimate of drug-likeness (QED) is 0.643. The number of amides is 1. The average molecular weight is 308 g/mol. The summed E-state index contributed by atoms with van der Waals surface area (Å²) in [5, 5.41) is 11.1. The summed E-state index contributed by atoms with van der Waals surface area (Å²) in [7, 11) is 0. The van der Waals surface area contributed by atoms with Crippen molar-refractivity contribution in [1.82, 2.24) is 4.90 Å². The standard InChI is InChI=1S/C18H16N2O3/c21-18(16-8-4-5-9-17(16)20(22)23)19-12-10-15(11-13-19)14-6-2-1-3-7-14/h1-10H,11-13H2. The van der Waals surface area contributed by atoms with Crippen molar-refractivity contribution in [2.75, 3.05) is 13.1 Å². The zero-order valence-electron chi connectivity index (χ0n) is 12.5. The van der Waals surface area contributed by atoms with Gasteiger partial charge in [0.1, 0.15) is 5.56 Å². The molecular formula is C18H16N2O3. The molecule has 0 radical (unpaired) electrons. The monoisotopic (exact) mass is 308 g/mol. The number of nitrogens with zero attached hydrogens (tertiary/aromatic N) is 2. The lowest BCUT2D eigenvalue weighted by molar-refractivity contribution is -0.385. The van der Waals surface area contributed by atoms with Crippen LogP contribution in [0.3, 0.4) is 0 Å². The molecule has 0 atom stereocenters. The number of hydrogen-bond acceptors (Lipinski definition) is 3. The van der Waals surface area contributed by atoms with Crippen LogP contribution in [0.2, 0.25) is 0 Å². The number of carbonyl (C=O) groups is 1. The highest BCUT2D eigenvalue weighted by molar-refractivity contribution is 5.98. The summed E-state index contributed by atoms with van der Waals surface area (Å²) in [5.41, 5.74) is 2.37. The Labute approximate surface area is 134 Å². The zero-order chi connectivity index (χ0) is 16.2. The minimum atomic E-state index is -0.511. The van der Waals surface area contributed by atoms with Gasteiger partial charge in [-0.15, -0.1) is 0 Å². The minimum absolute atomic E-state index is 0.143. The molecule has 5 nitrogen and oxygen atoms in total. The SMILES string of the molecule is O=C(c1ccccc1[N+](=O)[O-])N1CC=C(c2ccccc2)CC1. The van der Waals surface area contributed by atoms with Crippen LogP contribution in [0.5, 0.6) is 0 Å². The Morgan fingerprint density at radius 1 is 1.04 bits per heavy atom. The maximum Gasteiger partial charge on any atom is 0.282 e. The summed E-state index contributed by atoms with van der Waals surface area (Å²) in [6, 6.07) is 16.1. The molecule has 1 aliphatic rings. The molecule has 0 aliphatic carbocycles. The second-order valence-corrected chi connectivity index (χ2v) is 5.37. The lowest BCUT2D eigenvalue weighted by Crippen LogP contribution is -2.35. The first-order chi connectivity index (χ1) is 11.2. The molecule has 3 rings (SSSR count). The molecule has 1 heterocycles. The van der Waals surface area contributed by atoms with Crippen LogP contribution < -0.4 is 0 Å². The maximum absolute atomic E-state index is 12.6. The Morgan fingerprint density at radius 2 is 1.74 bits per heavy atom. The van der Waals surface area contributed by atoms with Gasteiger partial charge in [0.15, 0.2) is 0 Å². The van der Waals surface area contributed by atoms with Gasteiger partial charge >= 0.3 is 0 Å². The van der Waals surface area contributed by atoms with E-state index < -0.39 is 4.92 Å². The van der Waals surface area contributed by atoms with Crippen LogP contribution in [0.1, 0.15) is 22.3 Å². The second kappa shape index (κ2) is 6.44. The Kier molecular flexibility index (Phi) is 4.19. The Morgan fingerprint density at radius 3 is 2.39 bits per heavy atom. The first kappa shape index (κ1) is 15.0. The van der Waals surface area contributed by atoms with Gasteiger partial charge in [0.25, 0.3) is 11.6 Å². The molecule has 0 fully saturated rings. The van der Waals surface area contributed by atoms with E-state index in [1.165, 1.54) is 17.7 Å². The molecule has 0 saturated carbocycles. The van der Waals surface area contributed by atoms with Gasteiger partial charge in [0, 0.05) is 19.2 Å². The van der Waals surface area contributed by atoms with Gasteiger partial charge in [-0.3, -0.25) is 14.9 Å². The van der Waals surface area contributed by atoms with E-state index in [1.54, 1.807) is 17.0 Å². The van der Waals surface area contributed by atoms with E-state index in [4.69, 9.17) is 0 Å². The van der Waals surface area contributed by atoms with E-state index in [0.717, 1.165) is 12.0 Å². The third-order valence-electron chi connectivity index (χ3n) is 3.97.